The van der Waals surface area contributed by atoms with Gasteiger partial charge in [-0.25, -0.2) is 0 Å². The van der Waals surface area contributed by atoms with Crippen LogP contribution in [-0.4, -0.2) is 0 Å². The molecule has 0 spiro atoms. The molecule has 0 aromatic heterocycles. The molecule has 0 heteroatoms. The first kappa shape index (κ1) is 39.4. The summed E-state index contributed by atoms with van der Waals surface area (Å²) >= 11 is 0. The van der Waals surface area contributed by atoms with Crippen LogP contribution in [0.25, 0.3) is 66.1 Å². The molecule has 304 valence electrons. The zero-order valence-corrected chi connectivity index (χ0v) is 36.6. The fraction of sp³-hybridized carbons (Fsp3) is 0.279. The normalized spacial score (nSPS) is 15.1. The smallest absolute Gasteiger partial charge is 0.0215 e. The lowest BCUT2D eigenvalue weighted by atomic mass is 9.70. The summed E-state index contributed by atoms with van der Waals surface area (Å²) in [7, 11) is 0. The summed E-state index contributed by atoms with van der Waals surface area (Å²) in [5.74, 6) is 0. The standard InChI is InChI=1S/C61H60/c1-4-5-6-14-37-61(38-15-8-7-9-16-44-24-27-45-30-33-49(45)40-44)57-39-43(3)23-35-51(57)52-36-34-50(41-58(52)61)46-28-31-48(32-29-46)60-55-19-12-10-17-53(55)59(47-25-21-42(2)22-26-47)54-18-11-13-20-56(54)60/h10-13,17-29,31-32,34-36,39-41H,4-9,14-16,30,33,37-38H2,1-3H3. The maximum Gasteiger partial charge on any atom is 0.0215 e. The molecular formula is C61H60. The summed E-state index contributed by atoms with van der Waals surface area (Å²) in [4.78, 5) is 0. The Labute approximate surface area is 364 Å². The van der Waals surface area contributed by atoms with E-state index in [1.807, 2.05) is 0 Å². The van der Waals surface area contributed by atoms with Crippen LogP contribution < -0.4 is 0 Å². The van der Waals surface area contributed by atoms with Crippen molar-refractivity contribution in [2.24, 2.45) is 0 Å². The van der Waals surface area contributed by atoms with E-state index in [9.17, 15) is 0 Å². The lowest BCUT2D eigenvalue weighted by Crippen LogP contribution is -2.25. The van der Waals surface area contributed by atoms with Gasteiger partial charge in [-0.1, -0.05) is 209 Å². The highest BCUT2D eigenvalue weighted by molar-refractivity contribution is 6.21. The van der Waals surface area contributed by atoms with Crippen molar-refractivity contribution in [3.63, 3.8) is 0 Å². The number of benzene rings is 8. The Morgan fingerprint density at radius 2 is 0.918 bits per heavy atom. The highest BCUT2D eigenvalue weighted by Crippen LogP contribution is 2.55. The van der Waals surface area contributed by atoms with Crippen LogP contribution in [0.3, 0.4) is 0 Å². The Hall–Kier alpha value is -5.72. The molecule has 0 amide bonds. The minimum absolute atomic E-state index is 0.0547. The third kappa shape index (κ3) is 7.43. The van der Waals surface area contributed by atoms with Gasteiger partial charge in [0.05, 0.1) is 0 Å². The monoisotopic (exact) mass is 792 g/mol. The summed E-state index contributed by atoms with van der Waals surface area (Å²) in [5, 5.41) is 5.21. The second-order valence-corrected chi connectivity index (χ2v) is 18.5. The van der Waals surface area contributed by atoms with Crippen LogP contribution in [0.5, 0.6) is 0 Å². The number of hydrogen-bond acceptors (Lipinski definition) is 0. The van der Waals surface area contributed by atoms with Crippen LogP contribution in [0.2, 0.25) is 0 Å². The third-order valence-corrected chi connectivity index (χ3v) is 14.5. The third-order valence-electron chi connectivity index (χ3n) is 14.5. The Morgan fingerprint density at radius 3 is 1.51 bits per heavy atom. The number of fused-ring (bicyclic) bond motifs is 6. The quantitative estimate of drug-likeness (QED) is 0.0716. The maximum absolute atomic E-state index is 2.60. The molecule has 8 aromatic rings. The van der Waals surface area contributed by atoms with Gasteiger partial charge in [0.15, 0.2) is 0 Å². The SMILES string of the molecule is CCCCCCC1(CCCCCCc2ccc3c(c2)CC3)c2cc(C)ccc2-c2ccc(-c3ccc(-c4c5ccccc5c(-c5ccc(C)cc5)c5ccccc45)cc3)cc21. The molecule has 61 heavy (non-hydrogen) atoms. The zero-order valence-electron chi connectivity index (χ0n) is 36.6. The van der Waals surface area contributed by atoms with Crippen molar-refractivity contribution in [2.75, 3.05) is 0 Å². The van der Waals surface area contributed by atoms with Gasteiger partial charge in [-0.15, -0.1) is 0 Å². The van der Waals surface area contributed by atoms with Gasteiger partial charge in [0.25, 0.3) is 0 Å². The minimum Gasteiger partial charge on any atom is -0.0654 e. The van der Waals surface area contributed by atoms with Crippen molar-refractivity contribution in [1.29, 1.82) is 0 Å². The van der Waals surface area contributed by atoms with Gasteiger partial charge >= 0.3 is 0 Å². The van der Waals surface area contributed by atoms with Crippen LogP contribution in [0, 0.1) is 13.8 Å². The van der Waals surface area contributed by atoms with Crippen LogP contribution >= 0.6 is 0 Å². The van der Waals surface area contributed by atoms with Crippen molar-refractivity contribution in [3.8, 4) is 44.5 Å². The van der Waals surface area contributed by atoms with E-state index < -0.39 is 0 Å². The van der Waals surface area contributed by atoms with Gasteiger partial charge in [-0.05, 0) is 152 Å². The minimum atomic E-state index is 0.0547. The van der Waals surface area contributed by atoms with Gasteiger partial charge in [0, 0.05) is 5.41 Å². The molecule has 2 aliphatic carbocycles. The van der Waals surface area contributed by atoms with E-state index in [4.69, 9.17) is 0 Å². The largest absolute Gasteiger partial charge is 0.0654 e. The number of aryl methyl sites for hydroxylation is 5. The molecule has 2 aliphatic rings. The first-order valence-corrected chi connectivity index (χ1v) is 23.5. The molecule has 10 rings (SSSR count). The zero-order chi connectivity index (χ0) is 41.3. The van der Waals surface area contributed by atoms with Gasteiger partial charge in [-0.3, -0.25) is 0 Å². The van der Waals surface area contributed by atoms with E-state index >= 15 is 0 Å². The van der Waals surface area contributed by atoms with E-state index in [0.717, 1.165) is 0 Å². The van der Waals surface area contributed by atoms with E-state index in [2.05, 4.69) is 172 Å². The van der Waals surface area contributed by atoms with Crippen LogP contribution in [0.4, 0.5) is 0 Å². The summed E-state index contributed by atoms with van der Waals surface area (Å²) in [6.45, 7) is 6.79. The van der Waals surface area contributed by atoms with E-state index in [1.54, 1.807) is 27.8 Å². The molecule has 1 atom stereocenters. The first-order chi connectivity index (χ1) is 30.0. The summed E-state index contributed by atoms with van der Waals surface area (Å²) in [6, 6.07) is 58.6. The maximum atomic E-state index is 2.60. The number of unbranched alkanes of at least 4 members (excludes halogenated alkanes) is 6. The molecule has 0 aliphatic heterocycles. The number of hydrogen-bond donors (Lipinski definition) is 0. The molecular weight excluding hydrogens is 733 g/mol. The van der Waals surface area contributed by atoms with Gasteiger partial charge in [0.1, 0.15) is 0 Å². The first-order valence-electron chi connectivity index (χ1n) is 23.5. The van der Waals surface area contributed by atoms with Crippen LogP contribution in [-0.2, 0) is 24.7 Å². The van der Waals surface area contributed by atoms with E-state index in [-0.39, 0.29) is 5.41 Å². The second-order valence-electron chi connectivity index (χ2n) is 18.5. The molecule has 0 fully saturated rings. The highest BCUT2D eigenvalue weighted by Gasteiger charge is 2.42. The fourth-order valence-corrected chi connectivity index (χ4v) is 11.1. The predicted octanol–water partition coefficient (Wildman–Crippen LogP) is 17.1. The predicted molar refractivity (Wildman–Crippen MR) is 263 cm³/mol. The summed E-state index contributed by atoms with van der Waals surface area (Å²) < 4.78 is 0. The van der Waals surface area contributed by atoms with E-state index in [0.29, 0.717) is 0 Å². The van der Waals surface area contributed by atoms with Crippen molar-refractivity contribution in [1.82, 2.24) is 0 Å². The average molecular weight is 793 g/mol. The second kappa shape index (κ2) is 17.0. The topological polar surface area (TPSA) is 0 Å². The van der Waals surface area contributed by atoms with Crippen molar-refractivity contribution >= 4 is 21.5 Å². The van der Waals surface area contributed by atoms with Gasteiger partial charge in [0.2, 0.25) is 0 Å². The van der Waals surface area contributed by atoms with Crippen molar-refractivity contribution in [2.45, 2.75) is 110 Å². The summed E-state index contributed by atoms with van der Waals surface area (Å²) in [6.07, 6.45) is 16.6. The lowest BCUT2D eigenvalue weighted by Gasteiger charge is -2.33. The Morgan fingerprint density at radius 1 is 0.410 bits per heavy atom. The fourth-order valence-electron chi connectivity index (χ4n) is 11.1. The van der Waals surface area contributed by atoms with E-state index in [1.165, 1.54) is 161 Å². The van der Waals surface area contributed by atoms with Gasteiger partial charge < -0.3 is 0 Å². The molecule has 0 nitrogen and oxygen atoms in total. The molecule has 0 N–H and O–H groups in total. The summed E-state index contributed by atoms with van der Waals surface area (Å²) in [5.41, 5.74) is 21.3. The molecule has 0 saturated carbocycles. The molecule has 0 bridgehead atoms. The Bertz CT molecular complexity index is 2800. The molecule has 1 unspecified atom stereocenters. The highest BCUT2D eigenvalue weighted by atomic mass is 14.5. The van der Waals surface area contributed by atoms with Crippen LogP contribution in [0.1, 0.15) is 110 Å². The molecule has 0 saturated heterocycles. The molecule has 8 aromatic carbocycles. The van der Waals surface area contributed by atoms with Crippen molar-refractivity contribution < 1.29 is 0 Å². The molecule has 0 heterocycles. The van der Waals surface area contributed by atoms with Gasteiger partial charge in [-0.2, -0.15) is 0 Å². The Kier molecular flexibility index (Phi) is 11.0. The van der Waals surface area contributed by atoms with Crippen LogP contribution in [0.15, 0.2) is 152 Å². The lowest BCUT2D eigenvalue weighted by molar-refractivity contribution is 0.400. The Balaban J connectivity index is 0.978. The van der Waals surface area contributed by atoms with Crippen molar-refractivity contribution in [3.05, 3.63) is 191 Å². The molecule has 0 radical (unpaired) electrons. The number of rotatable bonds is 15. The average Bonchev–Trinajstić information content (AvgIpc) is 3.54.